The first-order valence-corrected chi connectivity index (χ1v) is 7.30. The number of aromatic nitrogens is 4. The smallest absolute Gasteiger partial charge is 0.276 e. The van der Waals surface area contributed by atoms with Gasteiger partial charge in [-0.2, -0.15) is 0 Å². The van der Waals surface area contributed by atoms with E-state index in [4.69, 9.17) is 0 Å². The highest BCUT2D eigenvalue weighted by Crippen LogP contribution is 2.13. The van der Waals surface area contributed by atoms with E-state index in [1.54, 1.807) is 34.2 Å². The second kappa shape index (κ2) is 5.29. The topological polar surface area (TPSA) is 75.9 Å². The Kier molecular flexibility index (Phi) is 3.49. The Morgan fingerprint density at radius 3 is 3.00 bits per heavy atom. The first kappa shape index (κ1) is 13.2. The van der Waals surface area contributed by atoms with Crippen molar-refractivity contribution in [3.63, 3.8) is 0 Å². The van der Waals surface area contributed by atoms with E-state index in [0.717, 1.165) is 23.8 Å². The van der Waals surface area contributed by atoms with Crippen molar-refractivity contribution in [2.45, 2.75) is 19.5 Å². The van der Waals surface area contributed by atoms with Crippen LogP contribution >= 0.6 is 11.3 Å². The fraction of sp³-hybridized carbons (Fsp3) is 0.500. The highest BCUT2D eigenvalue weighted by Gasteiger charge is 2.23. The Labute approximate surface area is 120 Å². The molecular formula is C12H16N6OS. The molecule has 2 aromatic heterocycles. The lowest BCUT2D eigenvalue weighted by molar-refractivity contribution is 0.0777. The first-order chi connectivity index (χ1) is 9.63. The van der Waals surface area contributed by atoms with Crippen molar-refractivity contribution >= 4 is 17.2 Å². The monoisotopic (exact) mass is 292 g/mol. The standard InChI is InChI=1S/C12H16N6OS/c1-8-14-9(7-20-8)5-17(2)12(19)11-6-18(16-15-11)10-3-13-4-10/h6-7,10,13H,3-5H2,1-2H3. The molecule has 1 fully saturated rings. The van der Waals surface area contributed by atoms with Gasteiger partial charge in [0, 0.05) is 25.5 Å². The Balaban J connectivity index is 1.66. The molecule has 1 aliphatic rings. The van der Waals surface area contributed by atoms with Gasteiger partial charge in [-0.25, -0.2) is 9.67 Å². The number of nitrogens with zero attached hydrogens (tertiary/aromatic N) is 5. The molecule has 0 unspecified atom stereocenters. The van der Waals surface area contributed by atoms with E-state index >= 15 is 0 Å². The molecule has 3 heterocycles. The number of hydrogen-bond acceptors (Lipinski definition) is 6. The predicted octanol–water partition coefficient (Wildman–Crippen LogP) is 0.460. The van der Waals surface area contributed by atoms with Crippen molar-refractivity contribution in [1.29, 1.82) is 0 Å². The fourth-order valence-electron chi connectivity index (χ4n) is 2.00. The number of aryl methyl sites for hydroxylation is 1. The molecule has 0 radical (unpaired) electrons. The fourth-order valence-corrected chi connectivity index (χ4v) is 2.61. The van der Waals surface area contributed by atoms with Gasteiger partial charge in [-0.15, -0.1) is 16.4 Å². The van der Waals surface area contributed by atoms with Gasteiger partial charge in [0.05, 0.1) is 29.5 Å². The van der Waals surface area contributed by atoms with Crippen LogP contribution in [0.2, 0.25) is 0 Å². The third-order valence-electron chi connectivity index (χ3n) is 3.28. The number of nitrogens with one attached hydrogen (secondary N) is 1. The Hall–Kier alpha value is -1.80. The van der Waals surface area contributed by atoms with Crippen molar-refractivity contribution in [2.24, 2.45) is 0 Å². The minimum absolute atomic E-state index is 0.130. The molecule has 0 aliphatic carbocycles. The number of thiazole rings is 1. The van der Waals surface area contributed by atoms with Gasteiger partial charge in [0.25, 0.3) is 5.91 Å². The van der Waals surface area contributed by atoms with Gasteiger partial charge in [0.2, 0.25) is 0 Å². The van der Waals surface area contributed by atoms with Crippen LogP contribution in [0.1, 0.15) is 27.2 Å². The average Bonchev–Trinajstić information content (AvgIpc) is 2.96. The van der Waals surface area contributed by atoms with Gasteiger partial charge < -0.3 is 10.2 Å². The maximum absolute atomic E-state index is 12.3. The van der Waals surface area contributed by atoms with Gasteiger partial charge in [0.1, 0.15) is 0 Å². The van der Waals surface area contributed by atoms with Gasteiger partial charge in [-0.3, -0.25) is 4.79 Å². The largest absolute Gasteiger partial charge is 0.334 e. The summed E-state index contributed by atoms with van der Waals surface area (Å²) in [5, 5.41) is 14.1. The van der Waals surface area contributed by atoms with E-state index in [9.17, 15) is 4.79 Å². The second-order valence-corrected chi connectivity index (χ2v) is 5.98. The molecule has 1 N–H and O–H groups in total. The van der Waals surface area contributed by atoms with Crippen LogP contribution in [0.3, 0.4) is 0 Å². The van der Waals surface area contributed by atoms with E-state index in [1.807, 2.05) is 12.3 Å². The lowest BCUT2D eigenvalue weighted by Gasteiger charge is -2.26. The summed E-state index contributed by atoms with van der Waals surface area (Å²) >= 11 is 1.58. The van der Waals surface area contributed by atoms with Crippen molar-refractivity contribution < 1.29 is 4.79 Å². The molecule has 0 atom stereocenters. The summed E-state index contributed by atoms with van der Waals surface area (Å²) in [5.74, 6) is -0.130. The molecule has 1 aliphatic heterocycles. The van der Waals surface area contributed by atoms with Crippen LogP contribution in [0.25, 0.3) is 0 Å². The predicted molar refractivity (Wildman–Crippen MR) is 74.6 cm³/mol. The normalized spacial score (nSPS) is 15.1. The zero-order chi connectivity index (χ0) is 14.1. The molecule has 3 rings (SSSR count). The van der Waals surface area contributed by atoms with E-state index < -0.39 is 0 Å². The zero-order valence-electron chi connectivity index (χ0n) is 11.4. The first-order valence-electron chi connectivity index (χ1n) is 6.42. The summed E-state index contributed by atoms with van der Waals surface area (Å²) in [6.45, 7) is 4.20. The third-order valence-corrected chi connectivity index (χ3v) is 4.10. The Morgan fingerprint density at radius 1 is 1.60 bits per heavy atom. The number of carbonyl (C=O) groups is 1. The van der Waals surface area contributed by atoms with Gasteiger partial charge in [-0.05, 0) is 6.92 Å². The SMILES string of the molecule is Cc1nc(CN(C)C(=O)c2cn(C3CNC3)nn2)cs1. The molecule has 1 amide bonds. The highest BCUT2D eigenvalue weighted by atomic mass is 32.1. The lowest BCUT2D eigenvalue weighted by atomic mass is 10.2. The van der Waals surface area contributed by atoms with Crippen LogP contribution in [-0.2, 0) is 6.54 Å². The summed E-state index contributed by atoms with van der Waals surface area (Å²) in [7, 11) is 1.75. The van der Waals surface area contributed by atoms with E-state index in [1.165, 1.54) is 0 Å². The van der Waals surface area contributed by atoms with E-state index in [2.05, 4.69) is 20.6 Å². The van der Waals surface area contributed by atoms with Crippen LogP contribution in [-0.4, -0.2) is 50.9 Å². The molecule has 1 saturated heterocycles. The maximum atomic E-state index is 12.3. The van der Waals surface area contributed by atoms with Gasteiger partial charge in [0.15, 0.2) is 5.69 Å². The summed E-state index contributed by atoms with van der Waals surface area (Å²) in [4.78, 5) is 18.2. The highest BCUT2D eigenvalue weighted by molar-refractivity contribution is 7.09. The third kappa shape index (κ3) is 2.56. The molecule has 20 heavy (non-hydrogen) atoms. The average molecular weight is 292 g/mol. The molecule has 7 nitrogen and oxygen atoms in total. The maximum Gasteiger partial charge on any atom is 0.276 e. The van der Waals surface area contributed by atoms with Crippen LogP contribution in [0.5, 0.6) is 0 Å². The molecule has 0 saturated carbocycles. The van der Waals surface area contributed by atoms with E-state index in [-0.39, 0.29) is 5.91 Å². The molecule has 0 bridgehead atoms. The van der Waals surface area contributed by atoms with Crippen LogP contribution in [0, 0.1) is 6.92 Å². The number of hydrogen-bond donors (Lipinski definition) is 1. The Bertz CT molecular complexity index is 617. The van der Waals surface area contributed by atoms with Crippen molar-refractivity contribution in [3.05, 3.63) is 28.0 Å². The summed E-state index contributed by atoms with van der Waals surface area (Å²) < 4.78 is 1.75. The minimum Gasteiger partial charge on any atom is -0.334 e. The summed E-state index contributed by atoms with van der Waals surface area (Å²) in [6, 6.07) is 0.315. The van der Waals surface area contributed by atoms with Crippen LogP contribution < -0.4 is 5.32 Å². The quantitative estimate of drug-likeness (QED) is 0.886. The minimum atomic E-state index is -0.130. The molecule has 8 heteroatoms. The van der Waals surface area contributed by atoms with Crippen molar-refractivity contribution in [1.82, 2.24) is 30.2 Å². The van der Waals surface area contributed by atoms with Crippen molar-refractivity contribution in [3.8, 4) is 0 Å². The van der Waals surface area contributed by atoms with Crippen LogP contribution in [0.4, 0.5) is 0 Å². The zero-order valence-corrected chi connectivity index (χ0v) is 12.2. The molecule has 0 aromatic carbocycles. The number of amides is 1. The molecular weight excluding hydrogens is 276 g/mol. The van der Waals surface area contributed by atoms with Crippen LogP contribution in [0.15, 0.2) is 11.6 Å². The second-order valence-electron chi connectivity index (χ2n) is 4.91. The molecule has 106 valence electrons. The van der Waals surface area contributed by atoms with Crippen molar-refractivity contribution in [2.75, 3.05) is 20.1 Å². The Morgan fingerprint density at radius 2 is 2.40 bits per heavy atom. The molecule has 2 aromatic rings. The lowest BCUT2D eigenvalue weighted by Crippen LogP contribution is -2.43. The molecule has 0 spiro atoms. The number of rotatable bonds is 4. The van der Waals surface area contributed by atoms with Gasteiger partial charge in [-0.1, -0.05) is 5.21 Å². The van der Waals surface area contributed by atoms with Gasteiger partial charge >= 0.3 is 0 Å². The number of carbonyl (C=O) groups excluding carboxylic acids is 1. The summed E-state index contributed by atoms with van der Waals surface area (Å²) in [5.41, 5.74) is 1.28. The summed E-state index contributed by atoms with van der Waals surface area (Å²) in [6.07, 6.45) is 1.72. The van der Waals surface area contributed by atoms with E-state index in [0.29, 0.717) is 18.3 Å².